The number of nitrogens with two attached hydrogens (primary N) is 1. The van der Waals surface area contributed by atoms with E-state index in [1.165, 1.54) is 0 Å². The predicted molar refractivity (Wildman–Crippen MR) is 69.2 cm³/mol. The van der Waals surface area contributed by atoms with Crippen LogP contribution >= 0.6 is 27.7 Å². The Bertz CT molecular complexity index is 293. The third kappa shape index (κ3) is 3.52. The monoisotopic (exact) mass is 292 g/mol. The molecule has 1 heterocycles. The van der Waals surface area contributed by atoms with Crippen LogP contribution in [0.5, 0.6) is 0 Å². The van der Waals surface area contributed by atoms with Crippen LogP contribution in [-0.2, 0) is 0 Å². The number of halogens is 1. The lowest BCUT2D eigenvalue weighted by Crippen LogP contribution is -2.32. The van der Waals surface area contributed by atoms with Crippen molar-refractivity contribution >= 4 is 27.7 Å². The van der Waals surface area contributed by atoms with E-state index in [1.807, 2.05) is 17.8 Å². The number of thioether (sulfide) groups is 1. The normalized spacial score (nSPS) is 13.4. The molecule has 0 aliphatic rings. The minimum atomic E-state index is 0.154. The van der Waals surface area contributed by atoms with Gasteiger partial charge in [0.15, 0.2) is 0 Å². The minimum Gasteiger partial charge on any atom is -0.466 e. The van der Waals surface area contributed by atoms with Crippen molar-refractivity contribution in [2.75, 3.05) is 32.1 Å². The first kappa shape index (κ1) is 13.1. The Hall–Kier alpha value is 0.0300. The first-order chi connectivity index (χ1) is 7.20. The smallest absolute Gasteiger partial charge is 0.136 e. The molecule has 86 valence electrons. The van der Waals surface area contributed by atoms with Crippen molar-refractivity contribution in [1.82, 2.24) is 4.90 Å². The van der Waals surface area contributed by atoms with Gasteiger partial charge >= 0.3 is 0 Å². The third-order valence-corrected chi connectivity index (χ3v) is 3.60. The van der Waals surface area contributed by atoms with Crippen LogP contribution in [-0.4, -0.2) is 37.0 Å². The molecule has 0 aromatic carbocycles. The van der Waals surface area contributed by atoms with Crippen LogP contribution in [0.2, 0.25) is 0 Å². The van der Waals surface area contributed by atoms with Gasteiger partial charge in [0.1, 0.15) is 5.76 Å². The molecule has 0 fully saturated rings. The fraction of sp³-hybridized carbons (Fsp3) is 0.600. The lowest BCUT2D eigenvalue weighted by Gasteiger charge is -2.25. The lowest BCUT2D eigenvalue weighted by molar-refractivity contribution is 0.231. The van der Waals surface area contributed by atoms with Crippen molar-refractivity contribution < 1.29 is 4.42 Å². The van der Waals surface area contributed by atoms with E-state index in [-0.39, 0.29) is 6.04 Å². The number of rotatable bonds is 6. The van der Waals surface area contributed by atoms with Crippen molar-refractivity contribution in [3.8, 4) is 0 Å². The fourth-order valence-corrected chi connectivity index (χ4v) is 2.36. The van der Waals surface area contributed by atoms with Crippen molar-refractivity contribution in [2.24, 2.45) is 5.73 Å². The average Bonchev–Trinajstić information content (AvgIpc) is 2.63. The van der Waals surface area contributed by atoms with Crippen LogP contribution in [0.25, 0.3) is 0 Å². The van der Waals surface area contributed by atoms with Crippen LogP contribution in [0, 0.1) is 0 Å². The van der Waals surface area contributed by atoms with E-state index in [4.69, 9.17) is 10.2 Å². The highest BCUT2D eigenvalue weighted by atomic mass is 79.9. The van der Waals surface area contributed by atoms with Gasteiger partial charge in [-0.3, -0.25) is 4.90 Å². The van der Waals surface area contributed by atoms with Crippen molar-refractivity contribution in [1.29, 1.82) is 0 Å². The zero-order valence-electron chi connectivity index (χ0n) is 9.07. The lowest BCUT2D eigenvalue weighted by atomic mass is 10.2. The average molecular weight is 293 g/mol. The van der Waals surface area contributed by atoms with Gasteiger partial charge in [-0.1, -0.05) is 0 Å². The molecule has 3 nitrogen and oxygen atoms in total. The molecule has 0 aliphatic heterocycles. The molecule has 15 heavy (non-hydrogen) atoms. The molecule has 1 aromatic heterocycles. The number of furan rings is 1. The highest BCUT2D eigenvalue weighted by Crippen LogP contribution is 2.27. The van der Waals surface area contributed by atoms with Gasteiger partial charge in [-0.05, 0) is 35.3 Å². The van der Waals surface area contributed by atoms with Crippen LogP contribution in [0.3, 0.4) is 0 Å². The molecular formula is C10H17BrN2OS. The van der Waals surface area contributed by atoms with Gasteiger partial charge in [-0.25, -0.2) is 0 Å². The summed E-state index contributed by atoms with van der Waals surface area (Å²) in [5.74, 6) is 2.02. The standard InChI is InChI=1S/C10H17BrN2OS/c1-13(4-6-15-2)9(7-12)10-8(11)3-5-14-10/h3,5,9H,4,6-7,12H2,1-2H3. The molecule has 0 radical (unpaired) electrons. The summed E-state index contributed by atoms with van der Waals surface area (Å²) in [5, 5.41) is 0. The summed E-state index contributed by atoms with van der Waals surface area (Å²) >= 11 is 5.30. The van der Waals surface area contributed by atoms with Crippen molar-refractivity contribution in [2.45, 2.75) is 6.04 Å². The first-order valence-electron chi connectivity index (χ1n) is 4.82. The van der Waals surface area contributed by atoms with E-state index < -0.39 is 0 Å². The Morgan fingerprint density at radius 3 is 2.87 bits per heavy atom. The molecule has 2 N–H and O–H groups in total. The molecule has 1 rings (SSSR count). The summed E-state index contributed by atoms with van der Waals surface area (Å²) in [6.45, 7) is 1.58. The molecule has 1 atom stereocenters. The van der Waals surface area contributed by atoms with Gasteiger partial charge in [0, 0.05) is 18.8 Å². The molecule has 0 spiro atoms. The van der Waals surface area contributed by atoms with Gasteiger partial charge in [0.05, 0.1) is 16.8 Å². The molecule has 1 unspecified atom stereocenters. The highest BCUT2D eigenvalue weighted by molar-refractivity contribution is 9.10. The number of nitrogens with zero attached hydrogens (tertiary/aromatic N) is 1. The maximum atomic E-state index is 5.78. The number of hydrogen-bond acceptors (Lipinski definition) is 4. The minimum absolute atomic E-state index is 0.154. The second-order valence-corrected chi connectivity index (χ2v) is 5.20. The molecule has 0 saturated carbocycles. The summed E-state index contributed by atoms with van der Waals surface area (Å²) in [5.41, 5.74) is 5.78. The summed E-state index contributed by atoms with van der Waals surface area (Å²) in [6, 6.07) is 2.06. The Morgan fingerprint density at radius 2 is 2.40 bits per heavy atom. The quantitative estimate of drug-likeness (QED) is 0.874. The Balaban J connectivity index is 2.67. The van der Waals surface area contributed by atoms with Crippen molar-refractivity contribution in [3.63, 3.8) is 0 Å². The van der Waals surface area contributed by atoms with Crippen LogP contribution in [0.4, 0.5) is 0 Å². The summed E-state index contributed by atoms with van der Waals surface area (Å²) < 4.78 is 6.44. The van der Waals surface area contributed by atoms with Crippen LogP contribution in [0.1, 0.15) is 11.8 Å². The molecule has 1 aromatic rings. The predicted octanol–water partition coefficient (Wildman–Crippen LogP) is 2.34. The van der Waals surface area contributed by atoms with Crippen LogP contribution in [0.15, 0.2) is 21.2 Å². The van der Waals surface area contributed by atoms with E-state index >= 15 is 0 Å². The van der Waals surface area contributed by atoms with Gasteiger partial charge < -0.3 is 10.2 Å². The SMILES string of the molecule is CSCCN(C)C(CN)c1occc1Br. The van der Waals surface area contributed by atoms with Crippen molar-refractivity contribution in [3.05, 3.63) is 22.6 Å². The van der Waals surface area contributed by atoms with Gasteiger partial charge in [-0.15, -0.1) is 0 Å². The van der Waals surface area contributed by atoms with Gasteiger partial charge in [-0.2, -0.15) is 11.8 Å². The second-order valence-electron chi connectivity index (χ2n) is 3.36. The number of likely N-dealkylation sites (N-methyl/N-ethyl adjacent to an activating group) is 1. The molecule has 0 amide bonds. The summed E-state index contributed by atoms with van der Waals surface area (Å²) in [6.07, 6.45) is 3.79. The maximum absolute atomic E-state index is 5.78. The first-order valence-corrected chi connectivity index (χ1v) is 7.01. The van der Waals surface area contributed by atoms with Gasteiger partial charge in [0.25, 0.3) is 0 Å². The zero-order valence-corrected chi connectivity index (χ0v) is 11.5. The maximum Gasteiger partial charge on any atom is 0.136 e. The molecule has 0 aliphatic carbocycles. The Morgan fingerprint density at radius 1 is 1.67 bits per heavy atom. The summed E-state index contributed by atoms with van der Waals surface area (Å²) in [7, 11) is 2.07. The third-order valence-electron chi connectivity index (χ3n) is 2.35. The van der Waals surface area contributed by atoms with Crippen LogP contribution < -0.4 is 5.73 Å². The number of hydrogen-bond donors (Lipinski definition) is 1. The zero-order chi connectivity index (χ0) is 11.3. The molecule has 0 saturated heterocycles. The van der Waals surface area contributed by atoms with E-state index in [1.54, 1.807) is 6.26 Å². The Kier molecular flexibility index (Phi) is 5.74. The molecule has 0 bridgehead atoms. The topological polar surface area (TPSA) is 42.4 Å². The second kappa shape index (κ2) is 6.58. The van der Waals surface area contributed by atoms with E-state index in [2.05, 4.69) is 34.1 Å². The highest BCUT2D eigenvalue weighted by Gasteiger charge is 2.20. The molecule has 5 heteroatoms. The Labute approximate surface area is 104 Å². The fourth-order valence-electron chi connectivity index (χ4n) is 1.42. The largest absolute Gasteiger partial charge is 0.466 e. The summed E-state index contributed by atoms with van der Waals surface area (Å²) in [4.78, 5) is 2.22. The molecular weight excluding hydrogens is 276 g/mol. The van der Waals surface area contributed by atoms with Gasteiger partial charge in [0.2, 0.25) is 0 Å². The van der Waals surface area contributed by atoms with E-state index in [0.29, 0.717) is 6.54 Å². The van der Waals surface area contributed by atoms with E-state index in [9.17, 15) is 0 Å². The van der Waals surface area contributed by atoms with E-state index in [0.717, 1.165) is 22.5 Å².